The summed E-state index contributed by atoms with van der Waals surface area (Å²) < 4.78 is 1.86. The Morgan fingerprint density at radius 2 is 2.06 bits per heavy atom. The second kappa shape index (κ2) is 4.79. The molecule has 0 unspecified atom stereocenters. The van der Waals surface area contributed by atoms with Crippen LogP contribution in [0.1, 0.15) is 5.69 Å². The van der Waals surface area contributed by atoms with Gasteiger partial charge in [0.15, 0.2) is 0 Å². The number of anilines is 1. The van der Waals surface area contributed by atoms with E-state index in [0.717, 1.165) is 23.6 Å². The minimum absolute atomic E-state index is 0.769. The summed E-state index contributed by atoms with van der Waals surface area (Å²) in [6, 6.07) is 14.1. The maximum absolute atomic E-state index is 4.26. The van der Waals surface area contributed by atoms with Crippen LogP contribution < -0.4 is 5.32 Å². The van der Waals surface area contributed by atoms with Crippen molar-refractivity contribution in [3.05, 3.63) is 66.7 Å². The van der Waals surface area contributed by atoms with Crippen LogP contribution in [0.3, 0.4) is 0 Å². The van der Waals surface area contributed by atoms with Crippen molar-refractivity contribution < 1.29 is 0 Å². The van der Waals surface area contributed by atoms with E-state index in [9.17, 15) is 0 Å². The Bertz CT molecular complexity index is 597. The normalized spacial score (nSPS) is 10.4. The molecule has 4 nitrogen and oxygen atoms in total. The van der Waals surface area contributed by atoms with E-state index < -0.39 is 0 Å². The molecule has 0 saturated heterocycles. The van der Waals surface area contributed by atoms with Crippen LogP contribution in [0.15, 0.2) is 61.1 Å². The number of nitrogens with zero attached hydrogens (tertiary/aromatic N) is 2. The molecule has 0 aliphatic rings. The highest BCUT2D eigenvalue weighted by Crippen LogP contribution is 2.19. The van der Waals surface area contributed by atoms with Crippen molar-refractivity contribution >= 4 is 5.69 Å². The molecule has 2 N–H and O–H groups in total. The summed E-state index contributed by atoms with van der Waals surface area (Å²) in [7, 11) is 0. The number of aromatic nitrogens is 3. The van der Waals surface area contributed by atoms with E-state index in [1.165, 1.54) is 0 Å². The van der Waals surface area contributed by atoms with Crippen LogP contribution in [0.5, 0.6) is 0 Å². The highest BCUT2D eigenvalue weighted by atomic mass is 15.3. The number of rotatable bonds is 4. The maximum atomic E-state index is 4.26. The molecule has 4 heteroatoms. The van der Waals surface area contributed by atoms with Crippen LogP contribution in [0.4, 0.5) is 5.69 Å². The summed E-state index contributed by atoms with van der Waals surface area (Å²) in [5.74, 6) is 0. The summed E-state index contributed by atoms with van der Waals surface area (Å²) in [6.07, 6.45) is 5.65. The Kier molecular flexibility index (Phi) is 2.84. The lowest BCUT2D eigenvalue weighted by Gasteiger charge is -2.11. The third kappa shape index (κ3) is 2.13. The zero-order valence-corrected chi connectivity index (χ0v) is 9.88. The van der Waals surface area contributed by atoms with Crippen LogP contribution >= 0.6 is 0 Å². The largest absolute Gasteiger partial charge is 0.378 e. The van der Waals surface area contributed by atoms with Gasteiger partial charge >= 0.3 is 0 Å². The highest BCUT2D eigenvalue weighted by Gasteiger charge is 2.03. The molecule has 2 aromatic heterocycles. The molecule has 3 aromatic rings. The molecule has 0 aliphatic heterocycles. The van der Waals surface area contributed by atoms with Crippen molar-refractivity contribution in [2.24, 2.45) is 0 Å². The van der Waals surface area contributed by atoms with Crippen molar-refractivity contribution in [3.8, 4) is 5.69 Å². The van der Waals surface area contributed by atoms with Gasteiger partial charge in [0.05, 0.1) is 17.9 Å². The van der Waals surface area contributed by atoms with Gasteiger partial charge in [0, 0.05) is 24.3 Å². The third-order valence-electron chi connectivity index (χ3n) is 2.79. The van der Waals surface area contributed by atoms with Gasteiger partial charge in [-0.2, -0.15) is 5.10 Å². The van der Waals surface area contributed by atoms with Crippen LogP contribution in [0, 0.1) is 0 Å². The molecule has 0 atom stereocenters. The number of nitrogens with one attached hydrogen (secondary N) is 2. The van der Waals surface area contributed by atoms with Gasteiger partial charge in [0.1, 0.15) is 0 Å². The van der Waals surface area contributed by atoms with Crippen LogP contribution in [0.25, 0.3) is 5.69 Å². The van der Waals surface area contributed by atoms with Gasteiger partial charge in [-0.15, -0.1) is 0 Å². The quantitative estimate of drug-likeness (QED) is 0.734. The molecular weight excluding hydrogens is 224 g/mol. The maximum Gasteiger partial charge on any atom is 0.0876 e. The molecule has 0 aliphatic carbocycles. The summed E-state index contributed by atoms with van der Waals surface area (Å²) in [5.41, 5.74) is 3.27. The standard InChI is InChI=1S/C14H14N4/c1-2-7-14(18-10-4-9-17-18)13(6-1)16-11-12-5-3-8-15-12/h1-10,15-16H,11H2. The van der Waals surface area contributed by atoms with Gasteiger partial charge in [-0.1, -0.05) is 12.1 Å². The number of para-hydroxylation sites is 2. The molecule has 0 saturated carbocycles. The van der Waals surface area contributed by atoms with E-state index >= 15 is 0 Å². The molecule has 3 rings (SSSR count). The molecule has 2 heterocycles. The number of H-pyrrole nitrogens is 1. The van der Waals surface area contributed by atoms with Crippen molar-refractivity contribution in [2.45, 2.75) is 6.54 Å². The first kappa shape index (κ1) is 10.7. The van der Waals surface area contributed by atoms with Crippen molar-refractivity contribution in [1.29, 1.82) is 0 Å². The number of hydrogen-bond acceptors (Lipinski definition) is 2. The van der Waals surface area contributed by atoms with Crippen LogP contribution in [0.2, 0.25) is 0 Å². The summed E-state index contributed by atoms with van der Waals surface area (Å²) >= 11 is 0. The Hall–Kier alpha value is -2.49. The van der Waals surface area contributed by atoms with E-state index in [-0.39, 0.29) is 0 Å². The fourth-order valence-electron chi connectivity index (χ4n) is 1.90. The molecule has 0 spiro atoms. The van der Waals surface area contributed by atoms with Gasteiger partial charge in [0.25, 0.3) is 0 Å². The SMILES string of the molecule is c1c[nH]c(CNc2ccccc2-n2cccn2)c1. The van der Waals surface area contributed by atoms with Crippen LogP contribution in [-0.4, -0.2) is 14.8 Å². The molecule has 0 bridgehead atoms. The van der Waals surface area contributed by atoms with E-state index in [1.54, 1.807) is 6.20 Å². The van der Waals surface area contributed by atoms with Crippen molar-refractivity contribution in [3.63, 3.8) is 0 Å². The second-order valence-electron chi connectivity index (χ2n) is 4.02. The fraction of sp³-hybridized carbons (Fsp3) is 0.0714. The first-order valence-corrected chi connectivity index (χ1v) is 5.89. The van der Waals surface area contributed by atoms with Crippen molar-refractivity contribution in [1.82, 2.24) is 14.8 Å². The lowest BCUT2D eigenvalue weighted by molar-refractivity contribution is 0.878. The molecule has 90 valence electrons. The predicted octanol–water partition coefficient (Wildman–Crippen LogP) is 2.81. The van der Waals surface area contributed by atoms with E-state index in [2.05, 4.69) is 27.5 Å². The van der Waals surface area contributed by atoms with Gasteiger partial charge in [-0.3, -0.25) is 0 Å². The molecule has 0 fully saturated rings. The Morgan fingerprint density at radius 1 is 1.11 bits per heavy atom. The molecule has 0 radical (unpaired) electrons. The summed E-state index contributed by atoms with van der Waals surface area (Å²) in [4.78, 5) is 3.18. The minimum Gasteiger partial charge on any atom is -0.378 e. The lowest BCUT2D eigenvalue weighted by Crippen LogP contribution is -2.04. The lowest BCUT2D eigenvalue weighted by atomic mass is 10.2. The Balaban J connectivity index is 1.84. The van der Waals surface area contributed by atoms with E-state index in [0.29, 0.717) is 0 Å². The first-order valence-electron chi connectivity index (χ1n) is 5.89. The number of benzene rings is 1. The van der Waals surface area contributed by atoms with Gasteiger partial charge in [-0.25, -0.2) is 4.68 Å². The monoisotopic (exact) mass is 238 g/mol. The molecule has 0 amide bonds. The fourth-order valence-corrected chi connectivity index (χ4v) is 1.90. The zero-order valence-electron chi connectivity index (χ0n) is 9.88. The van der Waals surface area contributed by atoms with E-state index in [4.69, 9.17) is 0 Å². The van der Waals surface area contributed by atoms with Gasteiger partial charge < -0.3 is 10.3 Å². The second-order valence-corrected chi connectivity index (χ2v) is 4.02. The van der Waals surface area contributed by atoms with Crippen molar-refractivity contribution in [2.75, 3.05) is 5.32 Å². The average Bonchev–Trinajstić information content (AvgIpc) is 3.10. The molecule has 1 aromatic carbocycles. The average molecular weight is 238 g/mol. The number of aromatic amines is 1. The van der Waals surface area contributed by atoms with Gasteiger partial charge in [-0.05, 0) is 30.3 Å². The number of hydrogen-bond donors (Lipinski definition) is 2. The topological polar surface area (TPSA) is 45.6 Å². The third-order valence-corrected chi connectivity index (χ3v) is 2.79. The predicted molar refractivity (Wildman–Crippen MR) is 71.7 cm³/mol. The van der Waals surface area contributed by atoms with E-state index in [1.807, 2.05) is 47.4 Å². The van der Waals surface area contributed by atoms with Gasteiger partial charge in [0.2, 0.25) is 0 Å². The Labute approximate surface area is 105 Å². The zero-order chi connectivity index (χ0) is 12.2. The smallest absolute Gasteiger partial charge is 0.0876 e. The first-order chi connectivity index (χ1) is 8.93. The Morgan fingerprint density at radius 3 is 2.83 bits per heavy atom. The summed E-state index contributed by atoms with van der Waals surface area (Å²) in [5, 5.41) is 7.67. The molecule has 18 heavy (non-hydrogen) atoms. The van der Waals surface area contributed by atoms with Crippen LogP contribution in [-0.2, 0) is 6.54 Å². The minimum atomic E-state index is 0.769. The highest BCUT2D eigenvalue weighted by molar-refractivity contribution is 5.60. The summed E-state index contributed by atoms with van der Waals surface area (Å²) in [6.45, 7) is 0.769. The molecular formula is C14H14N4.